The molecule has 0 saturated heterocycles. The lowest BCUT2D eigenvalue weighted by Crippen LogP contribution is -2.38. The van der Waals surface area contributed by atoms with Crippen LogP contribution in [-0.2, 0) is 19.6 Å². The molecule has 0 saturated carbocycles. The van der Waals surface area contributed by atoms with Crippen LogP contribution in [0.5, 0.6) is 0 Å². The van der Waals surface area contributed by atoms with Crippen LogP contribution < -0.4 is 5.32 Å². The molecule has 0 fully saturated rings. The minimum Gasteiger partial charge on any atom is -0.385 e. The van der Waals surface area contributed by atoms with E-state index < -0.39 is 10.0 Å². The number of methoxy groups -OCH3 is 1. The number of nitrogens with one attached hydrogen (secondary N) is 1. The van der Waals surface area contributed by atoms with Gasteiger partial charge in [-0.05, 0) is 31.4 Å². The fourth-order valence-corrected chi connectivity index (χ4v) is 2.91. The summed E-state index contributed by atoms with van der Waals surface area (Å²) in [6.45, 7) is 4.30. The van der Waals surface area contributed by atoms with Crippen LogP contribution in [0, 0.1) is 13.8 Å². The van der Waals surface area contributed by atoms with Gasteiger partial charge in [0.25, 0.3) is 0 Å². The zero-order valence-electron chi connectivity index (χ0n) is 13.5. The van der Waals surface area contributed by atoms with Crippen LogP contribution in [0.4, 0.5) is 5.69 Å². The summed E-state index contributed by atoms with van der Waals surface area (Å²) in [7, 11) is -1.88. The molecule has 6 nitrogen and oxygen atoms in total. The van der Waals surface area contributed by atoms with Gasteiger partial charge in [0.05, 0.1) is 12.8 Å². The number of sulfonamides is 1. The first-order valence-corrected chi connectivity index (χ1v) is 8.90. The molecule has 7 heteroatoms. The van der Waals surface area contributed by atoms with Gasteiger partial charge in [0.2, 0.25) is 15.9 Å². The Balaban J connectivity index is 2.75. The normalized spacial score (nSPS) is 11.7. The summed E-state index contributed by atoms with van der Waals surface area (Å²) in [4.78, 5) is 12.2. The van der Waals surface area contributed by atoms with Crippen molar-refractivity contribution in [3.63, 3.8) is 0 Å². The van der Waals surface area contributed by atoms with Gasteiger partial charge in [-0.2, -0.15) is 4.31 Å². The van der Waals surface area contributed by atoms with E-state index in [2.05, 4.69) is 5.32 Å². The number of carbonyl (C=O) groups is 1. The summed E-state index contributed by atoms with van der Waals surface area (Å²) in [5, 5.41) is 2.80. The van der Waals surface area contributed by atoms with Gasteiger partial charge in [-0.15, -0.1) is 0 Å². The minimum absolute atomic E-state index is 0.198. The number of rotatable bonds is 8. The van der Waals surface area contributed by atoms with E-state index in [1.165, 1.54) is 0 Å². The molecule has 1 N–H and O–H groups in total. The summed E-state index contributed by atoms with van der Waals surface area (Å²) >= 11 is 0. The van der Waals surface area contributed by atoms with Crippen molar-refractivity contribution in [2.45, 2.75) is 20.3 Å². The maximum atomic E-state index is 12.2. The van der Waals surface area contributed by atoms with E-state index in [0.717, 1.165) is 27.4 Å². The van der Waals surface area contributed by atoms with E-state index in [-0.39, 0.29) is 19.0 Å². The van der Waals surface area contributed by atoms with Crippen LogP contribution in [-0.4, -0.2) is 51.7 Å². The lowest BCUT2D eigenvalue weighted by Gasteiger charge is -2.20. The smallest absolute Gasteiger partial charge is 0.239 e. The number of para-hydroxylation sites is 1. The summed E-state index contributed by atoms with van der Waals surface area (Å²) in [5.41, 5.74) is 2.62. The Hall–Kier alpha value is -1.44. The first-order chi connectivity index (χ1) is 10.3. The van der Waals surface area contributed by atoms with Gasteiger partial charge >= 0.3 is 0 Å². The fourth-order valence-electron chi connectivity index (χ4n) is 2.10. The summed E-state index contributed by atoms with van der Waals surface area (Å²) in [5.74, 6) is -0.347. The van der Waals surface area contributed by atoms with E-state index in [1.54, 1.807) is 7.11 Å². The maximum Gasteiger partial charge on any atom is 0.239 e. The average molecular weight is 328 g/mol. The van der Waals surface area contributed by atoms with E-state index in [4.69, 9.17) is 4.74 Å². The second-order valence-corrected chi connectivity index (χ2v) is 7.24. The number of hydrogen-bond donors (Lipinski definition) is 1. The van der Waals surface area contributed by atoms with Gasteiger partial charge in [-0.1, -0.05) is 18.2 Å². The third-order valence-corrected chi connectivity index (χ3v) is 4.54. The molecule has 1 aromatic rings. The van der Waals surface area contributed by atoms with Gasteiger partial charge in [-0.25, -0.2) is 8.42 Å². The lowest BCUT2D eigenvalue weighted by molar-refractivity contribution is -0.116. The third-order valence-electron chi connectivity index (χ3n) is 3.29. The number of carbonyl (C=O) groups excluding carboxylic acids is 1. The van der Waals surface area contributed by atoms with Crippen LogP contribution in [0.3, 0.4) is 0 Å². The SMILES string of the molecule is COCCCN(CC(=O)Nc1c(C)cccc1C)S(C)(=O)=O. The van der Waals surface area contributed by atoms with Crippen LogP contribution >= 0.6 is 0 Å². The largest absolute Gasteiger partial charge is 0.385 e. The lowest BCUT2D eigenvalue weighted by atomic mass is 10.1. The van der Waals surface area contributed by atoms with Crippen molar-refractivity contribution in [2.24, 2.45) is 0 Å². The molecule has 0 spiro atoms. The molecule has 1 aromatic carbocycles. The Morgan fingerprint density at radius 2 is 1.86 bits per heavy atom. The van der Waals surface area contributed by atoms with E-state index in [1.807, 2.05) is 32.0 Å². The highest BCUT2D eigenvalue weighted by Crippen LogP contribution is 2.19. The number of aryl methyl sites for hydroxylation is 2. The van der Waals surface area contributed by atoms with Crippen LogP contribution in [0.1, 0.15) is 17.5 Å². The van der Waals surface area contributed by atoms with Crippen LogP contribution in [0.25, 0.3) is 0 Å². The van der Waals surface area contributed by atoms with Crippen molar-refractivity contribution in [3.05, 3.63) is 29.3 Å². The number of hydrogen-bond acceptors (Lipinski definition) is 4. The molecular formula is C15H24N2O4S. The monoisotopic (exact) mass is 328 g/mol. The fraction of sp³-hybridized carbons (Fsp3) is 0.533. The molecule has 1 rings (SSSR count). The first kappa shape index (κ1) is 18.6. The second-order valence-electron chi connectivity index (χ2n) is 5.26. The van der Waals surface area contributed by atoms with Crippen molar-refractivity contribution < 1.29 is 17.9 Å². The molecule has 0 bridgehead atoms. The highest BCUT2D eigenvalue weighted by molar-refractivity contribution is 7.88. The molecule has 22 heavy (non-hydrogen) atoms. The molecule has 1 amide bonds. The molecule has 0 aliphatic carbocycles. The van der Waals surface area contributed by atoms with Crippen molar-refractivity contribution >= 4 is 21.6 Å². The Bertz CT molecular complexity index is 594. The molecule has 0 heterocycles. The minimum atomic E-state index is -3.44. The predicted molar refractivity (Wildman–Crippen MR) is 87.5 cm³/mol. The standard InChI is InChI=1S/C15H24N2O4S/c1-12-7-5-8-13(2)15(12)16-14(18)11-17(22(4,19)20)9-6-10-21-3/h5,7-8H,6,9-11H2,1-4H3,(H,16,18). The number of ether oxygens (including phenoxy) is 1. The first-order valence-electron chi connectivity index (χ1n) is 7.06. The van der Waals surface area contributed by atoms with Crippen molar-refractivity contribution in [1.29, 1.82) is 0 Å². The van der Waals surface area contributed by atoms with Gasteiger partial charge in [0.15, 0.2) is 0 Å². The Morgan fingerprint density at radius 3 is 2.36 bits per heavy atom. The number of anilines is 1. The van der Waals surface area contributed by atoms with Gasteiger partial charge < -0.3 is 10.1 Å². The molecule has 0 atom stereocenters. The average Bonchev–Trinajstić information content (AvgIpc) is 2.41. The number of amides is 1. The number of nitrogens with zero attached hydrogens (tertiary/aromatic N) is 1. The van der Waals surface area contributed by atoms with Gasteiger partial charge in [-0.3, -0.25) is 4.79 Å². The van der Waals surface area contributed by atoms with Crippen LogP contribution in [0.15, 0.2) is 18.2 Å². The third kappa shape index (κ3) is 5.75. The summed E-state index contributed by atoms with van der Waals surface area (Å²) in [6.07, 6.45) is 1.65. The highest BCUT2D eigenvalue weighted by Gasteiger charge is 2.20. The van der Waals surface area contributed by atoms with Gasteiger partial charge in [0.1, 0.15) is 0 Å². The molecule has 0 aliphatic heterocycles. The molecule has 124 valence electrons. The van der Waals surface area contributed by atoms with E-state index >= 15 is 0 Å². The van der Waals surface area contributed by atoms with Crippen LogP contribution in [0.2, 0.25) is 0 Å². The Labute approximate surface area is 132 Å². The highest BCUT2D eigenvalue weighted by atomic mass is 32.2. The number of benzene rings is 1. The quantitative estimate of drug-likeness (QED) is 0.735. The molecule has 0 aliphatic rings. The zero-order valence-corrected chi connectivity index (χ0v) is 14.4. The predicted octanol–water partition coefficient (Wildman–Crippen LogP) is 1.54. The van der Waals surface area contributed by atoms with E-state index in [0.29, 0.717) is 13.0 Å². The summed E-state index contributed by atoms with van der Waals surface area (Å²) in [6, 6.07) is 5.71. The zero-order chi connectivity index (χ0) is 16.8. The molecule has 0 radical (unpaired) electrons. The van der Waals surface area contributed by atoms with Crippen molar-refractivity contribution in [2.75, 3.05) is 38.4 Å². The van der Waals surface area contributed by atoms with Gasteiger partial charge in [0, 0.05) is 25.9 Å². The Kier molecular flexibility index (Phi) is 6.99. The van der Waals surface area contributed by atoms with Crippen molar-refractivity contribution in [1.82, 2.24) is 4.31 Å². The topological polar surface area (TPSA) is 75.7 Å². The molecular weight excluding hydrogens is 304 g/mol. The maximum absolute atomic E-state index is 12.2. The van der Waals surface area contributed by atoms with Crippen molar-refractivity contribution in [3.8, 4) is 0 Å². The second kappa shape index (κ2) is 8.26. The molecule has 0 aromatic heterocycles. The van der Waals surface area contributed by atoms with E-state index in [9.17, 15) is 13.2 Å². The molecule has 0 unspecified atom stereocenters. The Morgan fingerprint density at radius 1 is 1.27 bits per heavy atom. The summed E-state index contributed by atoms with van der Waals surface area (Å²) < 4.78 is 29.6.